The van der Waals surface area contributed by atoms with Gasteiger partial charge in [0.2, 0.25) is 11.9 Å². The molecule has 13 heteroatoms. The summed E-state index contributed by atoms with van der Waals surface area (Å²) in [5.74, 6) is 1.32. The zero-order valence-corrected chi connectivity index (χ0v) is 19.0. The maximum atomic E-state index is 12.5. The van der Waals surface area contributed by atoms with Gasteiger partial charge in [0.15, 0.2) is 5.82 Å². The van der Waals surface area contributed by atoms with E-state index in [0.29, 0.717) is 63.3 Å². The highest BCUT2D eigenvalue weighted by Gasteiger charge is 2.31. The summed E-state index contributed by atoms with van der Waals surface area (Å²) in [6.45, 7) is 7.48. The lowest BCUT2D eigenvalue weighted by Crippen LogP contribution is -2.42. The number of nitrogens with zero attached hydrogens (tertiary/aromatic N) is 7. The normalized spacial score (nSPS) is 18.6. The van der Waals surface area contributed by atoms with E-state index in [1.165, 1.54) is 5.06 Å². The Kier molecular flexibility index (Phi) is 6.83. The van der Waals surface area contributed by atoms with Gasteiger partial charge in [-0.15, -0.1) is 0 Å². The van der Waals surface area contributed by atoms with Crippen LogP contribution < -0.4 is 21.0 Å². The first kappa shape index (κ1) is 22.5. The maximum Gasteiger partial charge on any atom is 0.431 e. The second-order valence-electron chi connectivity index (χ2n) is 8.22. The number of aromatic nitrogens is 4. The molecule has 0 unspecified atom stereocenters. The van der Waals surface area contributed by atoms with Crippen LogP contribution in [0.4, 0.5) is 22.5 Å². The van der Waals surface area contributed by atoms with Crippen LogP contribution in [-0.4, -0.2) is 103 Å². The number of morpholine rings is 2. The minimum Gasteiger partial charge on any atom is -0.379 e. The van der Waals surface area contributed by atoms with Gasteiger partial charge in [-0.2, -0.15) is 10.0 Å². The van der Waals surface area contributed by atoms with Crippen LogP contribution in [0.15, 0.2) is 12.4 Å². The number of hydrogen-bond donors (Lipinski definition) is 2. The summed E-state index contributed by atoms with van der Waals surface area (Å²) in [5.41, 5.74) is 8.00. The van der Waals surface area contributed by atoms with Gasteiger partial charge in [0.25, 0.3) is 0 Å². The lowest BCUT2D eigenvalue weighted by Gasteiger charge is -2.28. The molecule has 0 radical (unpaired) electrons. The van der Waals surface area contributed by atoms with E-state index in [1.807, 2.05) is 0 Å². The third-order valence-electron chi connectivity index (χ3n) is 6.01. The van der Waals surface area contributed by atoms with Gasteiger partial charge < -0.3 is 30.3 Å². The van der Waals surface area contributed by atoms with E-state index in [9.17, 15) is 4.79 Å². The number of nitrogen functional groups attached to an aromatic ring is 1. The Morgan fingerprint density at radius 2 is 1.74 bits per heavy atom. The van der Waals surface area contributed by atoms with Crippen LogP contribution in [0.5, 0.6) is 0 Å². The molecule has 34 heavy (non-hydrogen) atoms. The molecule has 0 saturated carbocycles. The molecule has 5 rings (SSSR count). The van der Waals surface area contributed by atoms with E-state index in [-0.39, 0.29) is 5.95 Å². The number of hydroxylamine groups is 1. The van der Waals surface area contributed by atoms with Crippen molar-refractivity contribution >= 4 is 23.8 Å². The Hall–Kier alpha value is -3.29. The minimum atomic E-state index is -0.509. The molecule has 0 bridgehead atoms. The fraction of sp³-hybridized carbons (Fsp3) is 0.571. The van der Waals surface area contributed by atoms with Gasteiger partial charge >= 0.3 is 6.09 Å². The van der Waals surface area contributed by atoms with Crippen molar-refractivity contribution in [3.05, 3.63) is 18.0 Å². The van der Waals surface area contributed by atoms with Crippen LogP contribution in [0.25, 0.3) is 11.3 Å². The number of anilines is 3. The zero-order valence-electron chi connectivity index (χ0n) is 19.0. The molecule has 1 amide bonds. The van der Waals surface area contributed by atoms with Crippen molar-refractivity contribution in [1.29, 1.82) is 0 Å². The molecule has 2 fully saturated rings. The molecule has 0 atom stereocenters. The number of amides is 1. The average molecular weight is 472 g/mol. The molecule has 2 aromatic rings. The molecule has 3 aliphatic heterocycles. The molecule has 0 spiro atoms. The molecule has 2 aromatic heterocycles. The highest BCUT2D eigenvalue weighted by molar-refractivity contribution is 5.74. The summed E-state index contributed by atoms with van der Waals surface area (Å²) in [6.07, 6.45) is 3.41. The number of carbonyl (C=O) groups excluding carboxylic acids is 1. The van der Waals surface area contributed by atoms with E-state index in [4.69, 9.17) is 30.0 Å². The molecular formula is C21H29N9O4. The quantitative estimate of drug-likeness (QED) is 0.570. The van der Waals surface area contributed by atoms with Crippen LogP contribution in [-0.2, 0) is 20.7 Å². The molecule has 3 aliphatic rings. The summed E-state index contributed by atoms with van der Waals surface area (Å²) >= 11 is 0. The molecule has 0 aliphatic carbocycles. The van der Waals surface area contributed by atoms with Gasteiger partial charge in [-0.1, -0.05) is 0 Å². The first-order chi connectivity index (χ1) is 16.7. The van der Waals surface area contributed by atoms with E-state index in [1.54, 1.807) is 12.4 Å². The van der Waals surface area contributed by atoms with Crippen molar-refractivity contribution in [2.45, 2.75) is 6.42 Å². The van der Waals surface area contributed by atoms with Crippen molar-refractivity contribution in [2.24, 2.45) is 0 Å². The average Bonchev–Trinajstić information content (AvgIpc) is 3.28. The van der Waals surface area contributed by atoms with Gasteiger partial charge in [0, 0.05) is 62.8 Å². The molecule has 2 saturated heterocycles. The summed E-state index contributed by atoms with van der Waals surface area (Å²) < 4.78 is 10.8. The number of nitrogens with two attached hydrogens (primary N) is 1. The first-order valence-corrected chi connectivity index (χ1v) is 11.5. The number of rotatable bonds is 6. The topological polar surface area (TPSA) is 144 Å². The predicted molar refractivity (Wildman–Crippen MR) is 123 cm³/mol. The lowest BCUT2D eigenvalue weighted by molar-refractivity contribution is 0.0382. The summed E-state index contributed by atoms with van der Waals surface area (Å²) in [5, 5.41) is 4.36. The van der Waals surface area contributed by atoms with Gasteiger partial charge in [0.1, 0.15) is 0 Å². The Morgan fingerprint density at radius 3 is 2.47 bits per heavy atom. The maximum absolute atomic E-state index is 12.5. The first-order valence-electron chi connectivity index (χ1n) is 11.5. The monoisotopic (exact) mass is 471 g/mol. The second-order valence-corrected chi connectivity index (χ2v) is 8.22. The summed E-state index contributed by atoms with van der Waals surface area (Å²) in [7, 11) is 0. The molecule has 0 aromatic carbocycles. The van der Waals surface area contributed by atoms with Crippen molar-refractivity contribution in [3.63, 3.8) is 0 Å². The molecular weight excluding hydrogens is 442 g/mol. The third-order valence-corrected chi connectivity index (χ3v) is 6.01. The lowest BCUT2D eigenvalue weighted by atomic mass is 10.1. The number of ether oxygens (including phenoxy) is 2. The Morgan fingerprint density at radius 1 is 1.03 bits per heavy atom. The van der Waals surface area contributed by atoms with Crippen LogP contribution in [0.2, 0.25) is 0 Å². The van der Waals surface area contributed by atoms with Crippen LogP contribution in [0.1, 0.15) is 5.56 Å². The van der Waals surface area contributed by atoms with Gasteiger partial charge in [-0.25, -0.2) is 19.7 Å². The Bertz CT molecular complexity index is 994. The van der Waals surface area contributed by atoms with E-state index in [0.717, 1.165) is 44.0 Å². The van der Waals surface area contributed by atoms with Gasteiger partial charge in [-0.3, -0.25) is 4.90 Å². The fourth-order valence-electron chi connectivity index (χ4n) is 4.18. The highest BCUT2D eigenvalue weighted by atomic mass is 16.7. The summed E-state index contributed by atoms with van der Waals surface area (Å²) in [6, 6.07) is 0. The SMILES string of the molecule is Nc1ncc(-c2nc(N3CCOCC3)nc3c2CCN3OC(=O)NCCN2CCOCC2)cn1. The minimum absolute atomic E-state index is 0.196. The largest absolute Gasteiger partial charge is 0.431 e. The van der Waals surface area contributed by atoms with E-state index in [2.05, 4.69) is 25.1 Å². The smallest absolute Gasteiger partial charge is 0.379 e. The third kappa shape index (κ3) is 5.11. The number of hydrogen-bond acceptors (Lipinski definition) is 12. The van der Waals surface area contributed by atoms with Gasteiger partial charge in [-0.05, 0) is 6.42 Å². The zero-order chi connectivity index (χ0) is 23.3. The van der Waals surface area contributed by atoms with Crippen molar-refractivity contribution in [1.82, 2.24) is 30.2 Å². The summed E-state index contributed by atoms with van der Waals surface area (Å²) in [4.78, 5) is 40.3. The van der Waals surface area contributed by atoms with Crippen LogP contribution in [0, 0.1) is 0 Å². The Labute approximate surface area is 197 Å². The van der Waals surface area contributed by atoms with Crippen molar-refractivity contribution < 1.29 is 19.1 Å². The second kappa shape index (κ2) is 10.3. The molecule has 13 nitrogen and oxygen atoms in total. The standard InChI is InChI=1S/C21H29N9O4/c22-19-24-13-15(14-25-19)17-16-1-3-30(18(16)27-20(26-17)29-7-11-33-12-8-29)34-21(31)23-2-4-28-5-9-32-10-6-28/h13-14H,1-12H2,(H,23,31)(H2,22,24,25). The molecule has 5 heterocycles. The molecule has 182 valence electrons. The van der Waals surface area contributed by atoms with Crippen LogP contribution >= 0.6 is 0 Å². The number of fused-ring (bicyclic) bond motifs is 1. The van der Waals surface area contributed by atoms with Crippen LogP contribution in [0.3, 0.4) is 0 Å². The number of nitrogens with one attached hydrogen (secondary N) is 1. The fourth-order valence-corrected chi connectivity index (χ4v) is 4.18. The van der Waals surface area contributed by atoms with E-state index < -0.39 is 6.09 Å². The van der Waals surface area contributed by atoms with Crippen molar-refractivity contribution in [3.8, 4) is 11.3 Å². The molecule has 3 N–H and O–H groups in total. The Balaban J connectivity index is 1.32. The van der Waals surface area contributed by atoms with E-state index >= 15 is 0 Å². The number of carbonyl (C=O) groups is 1. The predicted octanol–water partition coefficient (Wildman–Crippen LogP) is -0.312. The van der Waals surface area contributed by atoms with Gasteiger partial charge in [0.05, 0.1) is 38.7 Å². The van der Waals surface area contributed by atoms with Crippen molar-refractivity contribution in [2.75, 3.05) is 87.9 Å². The highest BCUT2D eigenvalue weighted by Crippen LogP contribution is 2.35.